The molecule has 1 fully saturated rings. The zero-order valence-corrected chi connectivity index (χ0v) is 18.8. The molecule has 1 saturated heterocycles. The van der Waals surface area contributed by atoms with Crippen molar-refractivity contribution in [1.82, 2.24) is 25.2 Å². The number of nitrogens with one attached hydrogen (secondary N) is 1. The van der Waals surface area contributed by atoms with Crippen molar-refractivity contribution in [3.05, 3.63) is 54.3 Å². The molecule has 8 nitrogen and oxygen atoms in total. The summed E-state index contributed by atoms with van der Waals surface area (Å²) in [4.78, 5) is 41.9. The Labute approximate surface area is 191 Å². The average molecular weight is 451 g/mol. The van der Waals surface area contributed by atoms with Gasteiger partial charge in [0.2, 0.25) is 11.8 Å². The van der Waals surface area contributed by atoms with Crippen LogP contribution >= 0.6 is 11.3 Å². The minimum Gasteiger partial charge on any atom is -0.353 e. The van der Waals surface area contributed by atoms with Crippen molar-refractivity contribution in [2.45, 2.75) is 32.2 Å². The fourth-order valence-electron chi connectivity index (χ4n) is 3.71. The zero-order valence-electron chi connectivity index (χ0n) is 18.0. The van der Waals surface area contributed by atoms with Crippen LogP contribution in [-0.2, 0) is 9.59 Å². The zero-order chi connectivity index (χ0) is 22.3. The lowest BCUT2D eigenvalue weighted by Gasteiger charge is -2.33. The van der Waals surface area contributed by atoms with Crippen molar-refractivity contribution in [3.63, 3.8) is 0 Å². The summed E-state index contributed by atoms with van der Waals surface area (Å²) < 4.78 is 0. The second-order valence-corrected chi connectivity index (χ2v) is 8.55. The number of carbonyl (C=O) groups excluding carboxylic acids is 2. The third-order valence-corrected chi connectivity index (χ3v) is 6.27. The molecule has 166 valence electrons. The summed E-state index contributed by atoms with van der Waals surface area (Å²) in [6.07, 6.45) is 5.36. The molecule has 3 aromatic rings. The molecule has 9 heteroatoms. The van der Waals surface area contributed by atoms with Gasteiger partial charge in [-0.1, -0.05) is 13.0 Å². The number of rotatable bonds is 7. The van der Waals surface area contributed by atoms with Gasteiger partial charge in [0, 0.05) is 37.8 Å². The van der Waals surface area contributed by atoms with Crippen molar-refractivity contribution in [1.29, 1.82) is 0 Å². The van der Waals surface area contributed by atoms with E-state index in [9.17, 15) is 9.59 Å². The van der Waals surface area contributed by atoms with E-state index in [0.717, 1.165) is 36.6 Å². The molecule has 1 N–H and O–H groups in total. The Balaban J connectivity index is 1.49. The molecule has 0 unspecified atom stereocenters. The van der Waals surface area contributed by atoms with E-state index >= 15 is 0 Å². The summed E-state index contributed by atoms with van der Waals surface area (Å²) in [5.74, 6) is 0.559. The lowest BCUT2D eigenvalue weighted by Crippen LogP contribution is -2.47. The van der Waals surface area contributed by atoms with Gasteiger partial charge < -0.3 is 5.32 Å². The summed E-state index contributed by atoms with van der Waals surface area (Å²) in [5.41, 5.74) is 1.39. The second-order valence-electron chi connectivity index (χ2n) is 7.63. The molecule has 1 aliphatic rings. The SMILES string of the molecule is CCC(=O)NC1CCN(CC(=O)N(c2cc(-c3ccccn3)ncn2)c2cccs2)CC1. The molecule has 1 aliphatic heterocycles. The Morgan fingerprint density at radius 1 is 1.12 bits per heavy atom. The first kappa shape index (κ1) is 22.0. The molecule has 4 rings (SSSR count). The number of aromatic nitrogens is 3. The van der Waals surface area contributed by atoms with E-state index in [1.54, 1.807) is 17.2 Å². The van der Waals surface area contributed by atoms with E-state index in [1.165, 1.54) is 17.7 Å². The van der Waals surface area contributed by atoms with Gasteiger partial charge in [-0.05, 0) is 42.5 Å². The van der Waals surface area contributed by atoms with Crippen LogP contribution in [0.5, 0.6) is 0 Å². The van der Waals surface area contributed by atoms with Crippen molar-refractivity contribution in [2.75, 3.05) is 24.5 Å². The summed E-state index contributed by atoms with van der Waals surface area (Å²) in [5, 5.41) is 5.81. The Kier molecular flexibility index (Phi) is 7.18. The van der Waals surface area contributed by atoms with Crippen LogP contribution in [0.2, 0.25) is 0 Å². The van der Waals surface area contributed by atoms with Gasteiger partial charge in [0.25, 0.3) is 0 Å². The van der Waals surface area contributed by atoms with Gasteiger partial charge in [0.1, 0.15) is 17.1 Å². The summed E-state index contributed by atoms with van der Waals surface area (Å²) in [6.45, 7) is 3.67. The standard InChI is InChI=1S/C23H26N6O2S/c1-2-21(30)27-17-8-11-28(12-9-17)15-22(31)29(23-7-5-13-32-23)20-14-19(25-16-26-20)18-6-3-4-10-24-18/h3-7,10,13-14,16-17H,2,8-9,11-12,15H2,1H3,(H,27,30). The van der Waals surface area contributed by atoms with Crippen LogP contribution in [0.4, 0.5) is 10.8 Å². The number of hydrogen-bond donors (Lipinski definition) is 1. The highest BCUT2D eigenvalue weighted by atomic mass is 32.1. The normalized spacial score (nSPS) is 14.8. The third kappa shape index (κ3) is 5.35. The van der Waals surface area contributed by atoms with Crippen molar-refractivity contribution >= 4 is 34.0 Å². The number of thiophene rings is 1. The molecule has 0 atom stereocenters. The van der Waals surface area contributed by atoms with Gasteiger partial charge in [-0.25, -0.2) is 9.97 Å². The first-order chi connectivity index (χ1) is 15.6. The average Bonchev–Trinajstić information content (AvgIpc) is 3.35. The van der Waals surface area contributed by atoms with Crippen LogP contribution in [0.3, 0.4) is 0 Å². The Morgan fingerprint density at radius 3 is 2.66 bits per heavy atom. The molecule has 2 amide bonds. The number of carbonyl (C=O) groups is 2. The van der Waals surface area contributed by atoms with Gasteiger partial charge in [0.15, 0.2) is 0 Å². The first-order valence-corrected chi connectivity index (χ1v) is 11.6. The van der Waals surface area contributed by atoms with Crippen LogP contribution in [0.15, 0.2) is 54.3 Å². The van der Waals surface area contributed by atoms with Crippen molar-refractivity contribution in [2.24, 2.45) is 0 Å². The molecule has 0 aromatic carbocycles. The summed E-state index contributed by atoms with van der Waals surface area (Å²) in [7, 11) is 0. The van der Waals surface area contributed by atoms with Crippen LogP contribution < -0.4 is 10.2 Å². The number of hydrogen-bond acceptors (Lipinski definition) is 7. The topological polar surface area (TPSA) is 91.3 Å². The van der Waals surface area contributed by atoms with Crippen LogP contribution in [0, 0.1) is 0 Å². The van der Waals surface area contributed by atoms with Gasteiger partial charge in [-0.3, -0.25) is 24.4 Å². The second kappa shape index (κ2) is 10.4. The van der Waals surface area contributed by atoms with E-state index in [0.29, 0.717) is 17.9 Å². The molecule has 0 aliphatic carbocycles. The number of pyridine rings is 1. The summed E-state index contributed by atoms with van der Waals surface area (Å²) >= 11 is 1.49. The van der Waals surface area contributed by atoms with Crippen LogP contribution in [-0.4, -0.2) is 57.3 Å². The first-order valence-electron chi connectivity index (χ1n) is 10.8. The Hall–Kier alpha value is -3.17. The lowest BCUT2D eigenvalue weighted by molar-refractivity contribution is -0.122. The number of nitrogens with zero attached hydrogens (tertiary/aromatic N) is 5. The molecular weight excluding hydrogens is 424 g/mol. The molecular formula is C23H26N6O2S. The van der Waals surface area contributed by atoms with E-state index in [1.807, 2.05) is 42.6 Å². The van der Waals surface area contributed by atoms with Crippen molar-refractivity contribution in [3.8, 4) is 11.4 Å². The highest BCUT2D eigenvalue weighted by molar-refractivity contribution is 7.14. The minimum atomic E-state index is -0.0471. The predicted molar refractivity (Wildman–Crippen MR) is 125 cm³/mol. The molecule has 4 heterocycles. The number of likely N-dealkylation sites (tertiary alicyclic amines) is 1. The van der Waals surface area contributed by atoms with Gasteiger partial charge >= 0.3 is 0 Å². The maximum absolute atomic E-state index is 13.4. The third-order valence-electron chi connectivity index (χ3n) is 5.42. The fourth-order valence-corrected chi connectivity index (χ4v) is 4.47. The Bertz CT molecular complexity index is 1040. The molecule has 32 heavy (non-hydrogen) atoms. The smallest absolute Gasteiger partial charge is 0.247 e. The lowest BCUT2D eigenvalue weighted by atomic mass is 10.0. The van der Waals surface area contributed by atoms with E-state index in [4.69, 9.17) is 0 Å². The van der Waals surface area contributed by atoms with E-state index in [-0.39, 0.29) is 24.4 Å². The maximum Gasteiger partial charge on any atom is 0.247 e. The molecule has 0 bridgehead atoms. The van der Waals surface area contributed by atoms with E-state index < -0.39 is 0 Å². The van der Waals surface area contributed by atoms with E-state index in [2.05, 4.69) is 25.2 Å². The predicted octanol–water partition coefficient (Wildman–Crippen LogP) is 3.26. The minimum absolute atomic E-state index is 0.0471. The maximum atomic E-state index is 13.4. The molecule has 0 radical (unpaired) electrons. The quantitative estimate of drug-likeness (QED) is 0.594. The number of anilines is 2. The van der Waals surface area contributed by atoms with Crippen LogP contribution in [0.25, 0.3) is 11.4 Å². The number of amides is 2. The monoisotopic (exact) mass is 450 g/mol. The van der Waals surface area contributed by atoms with Crippen LogP contribution in [0.1, 0.15) is 26.2 Å². The van der Waals surface area contributed by atoms with Crippen molar-refractivity contribution < 1.29 is 9.59 Å². The molecule has 3 aromatic heterocycles. The molecule has 0 saturated carbocycles. The number of piperidine rings is 1. The van der Waals surface area contributed by atoms with Gasteiger partial charge in [0.05, 0.1) is 17.9 Å². The highest BCUT2D eigenvalue weighted by Gasteiger charge is 2.26. The van der Waals surface area contributed by atoms with Gasteiger partial charge in [-0.15, -0.1) is 11.3 Å². The summed E-state index contributed by atoms with van der Waals surface area (Å²) in [6, 6.07) is 11.4. The molecule has 0 spiro atoms. The van der Waals surface area contributed by atoms with Gasteiger partial charge in [-0.2, -0.15) is 0 Å². The highest BCUT2D eigenvalue weighted by Crippen LogP contribution is 2.30. The fraction of sp³-hybridized carbons (Fsp3) is 0.348. The largest absolute Gasteiger partial charge is 0.353 e. The Morgan fingerprint density at radius 2 is 1.97 bits per heavy atom.